The number of hydrogen-bond donors (Lipinski definition) is 2. The molecule has 0 radical (unpaired) electrons. The van der Waals surface area contributed by atoms with Crippen molar-refractivity contribution in [3.63, 3.8) is 0 Å². The van der Waals surface area contributed by atoms with Crippen LogP contribution in [-0.2, 0) is 20.9 Å². The highest BCUT2D eigenvalue weighted by Crippen LogP contribution is 2.02. The Morgan fingerprint density at radius 1 is 1.35 bits per heavy atom. The van der Waals surface area contributed by atoms with Crippen LogP contribution in [0.4, 0.5) is 0 Å². The van der Waals surface area contributed by atoms with Crippen LogP contribution in [0.15, 0.2) is 30.3 Å². The zero-order valence-corrected chi connectivity index (χ0v) is 9.68. The Kier molecular flexibility index (Phi) is 5.16. The first-order chi connectivity index (χ1) is 8.13. The molecule has 0 aliphatic heterocycles. The van der Waals surface area contributed by atoms with Gasteiger partial charge in [-0.2, -0.15) is 0 Å². The summed E-state index contributed by atoms with van der Waals surface area (Å²) in [6.07, 6.45) is -0.119. The summed E-state index contributed by atoms with van der Waals surface area (Å²) >= 11 is 0. The quantitative estimate of drug-likeness (QED) is 0.715. The van der Waals surface area contributed by atoms with Crippen LogP contribution >= 0.6 is 0 Å². The first kappa shape index (κ1) is 13.2. The van der Waals surface area contributed by atoms with Crippen LogP contribution in [0.25, 0.3) is 0 Å². The van der Waals surface area contributed by atoms with E-state index in [-0.39, 0.29) is 18.9 Å². The molecule has 0 aliphatic carbocycles. The first-order valence-electron chi connectivity index (χ1n) is 5.30. The minimum Gasteiger partial charge on any atom is -0.461 e. The molecule has 1 rings (SSSR count). The van der Waals surface area contributed by atoms with Crippen molar-refractivity contribution in [1.82, 2.24) is 5.32 Å². The maximum atomic E-state index is 11.4. The van der Waals surface area contributed by atoms with Gasteiger partial charge in [-0.05, 0) is 5.56 Å². The maximum absolute atomic E-state index is 11.4. The largest absolute Gasteiger partial charge is 0.461 e. The van der Waals surface area contributed by atoms with Crippen LogP contribution in [0.5, 0.6) is 0 Å². The number of carbonyl (C=O) groups excluding carboxylic acids is 2. The van der Waals surface area contributed by atoms with Gasteiger partial charge in [0.05, 0.1) is 12.5 Å². The van der Waals surface area contributed by atoms with Gasteiger partial charge in [0.2, 0.25) is 5.91 Å². The van der Waals surface area contributed by atoms with E-state index in [9.17, 15) is 9.59 Å². The zero-order valence-electron chi connectivity index (χ0n) is 9.68. The van der Waals surface area contributed by atoms with Crippen molar-refractivity contribution in [2.45, 2.75) is 19.1 Å². The smallest absolute Gasteiger partial charge is 0.308 e. The molecular formula is C12H16N2O3. The summed E-state index contributed by atoms with van der Waals surface area (Å²) in [5.74, 6) is -0.855. The molecule has 0 bridgehead atoms. The van der Waals surface area contributed by atoms with Crippen LogP contribution in [0.1, 0.15) is 12.0 Å². The molecule has 5 heteroatoms. The highest BCUT2D eigenvalue weighted by Gasteiger charge is 2.16. The molecule has 1 atom stereocenters. The Labute approximate surface area is 99.9 Å². The summed E-state index contributed by atoms with van der Waals surface area (Å²) in [5, 5.41) is 2.37. The number of carbonyl (C=O) groups is 2. The van der Waals surface area contributed by atoms with Gasteiger partial charge in [-0.15, -0.1) is 0 Å². The average Bonchev–Trinajstić information content (AvgIpc) is 2.36. The van der Waals surface area contributed by atoms with Crippen LogP contribution in [-0.4, -0.2) is 25.0 Å². The lowest BCUT2D eigenvalue weighted by atomic mass is 10.2. The Balaban J connectivity index is 2.33. The van der Waals surface area contributed by atoms with Crippen molar-refractivity contribution in [3.05, 3.63) is 35.9 Å². The molecule has 92 valence electrons. The van der Waals surface area contributed by atoms with Crippen LogP contribution in [0, 0.1) is 0 Å². The van der Waals surface area contributed by atoms with E-state index in [2.05, 4.69) is 5.32 Å². The Bertz CT molecular complexity index is 379. The van der Waals surface area contributed by atoms with Crippen molar-refractivity contribution in [1.29, 1.82) is 0 Å². The molecule has 0 spiro atoms. The van der Waals surface area contributed by atoms with E-state index < -0.39 is 12.0 Å². The van der Waals surface area contributed by atoms with E-state index in [1.165, 1.54) is 7.05 Å². The number of hydrogen-bond acceptors (Lipinski definition) is 4. The molecular weight excluding hydrogens is 220 g/mol. The van der Waals surface area contributed by atoms with Gasteiger partial charge in [-0.25, -0.2) is 0 Å². The summed E-state index contributed by atoms with van der Waals surface area (Å²) in [4.78, 5) is 22.4. The number of nitrogens with two attached hydrogens (primary N) is 1. The molecule has 0 saturated heterocycles. The molecule has 17 heavy (non-hydrogen) atoms. The molecule has 0 saturated carbocycles. The van der Waals surface area contributed by atoms with E-state index in [0.717, 1.165) is 5.56 Å². The number of nitrogens with one attached hydrogen (secondary N) is 1. The number of amides is 1. The van der Waals surface area contributed by atoms with Crippen molar-refractivity contribution in [3.8, 4) is 0 Å². The topological polar surface area (TPSA) is 81.4 Å². The molecule has 0 unspecified atom stereocenters. The lowest BCUT2D eigenvalue weighted by molar-refractivity contribution is -0.146. The van der Waals surface area contributed by atoms with Gasteiger partial charge in [0.1, 0.15) is 6.61 Å². The van der Waals surface area contributed by atoms with E-state index in [1.54, 1.807) is 0 Å². The normalized spacial score (nSPS) is 11.6. The standard InChI is InChI=1S/C12H16N2O3/c1-14-12(16)10(13)7-11(15)17-8-9-5-3-2-4-6-9/h2-6,10H,7-8,13H2,1H3,(H,14,16)/t10-/m0/s1. The van der Waals surface area contributed by atoms with Crippen LogP contribution in [0.2, 0.25) is 0 Å². The predicted octanol–water partition coefficient (Wildman–Crippen LogP) is 0.193. The maximum Gasteiger partial charge on any atom is 0.308 e. The SMILES string of the molecule is CNC(=O)[C@@H](N)CC(=O)OCc1ccccc1. The van der Waals surface area contributed by atoms with E-state index in [1.807, 2.05) is 30.3 Å². The van der Waals surface area contributed by atoms with Crippen molar-refractivity contribution in [2.75, 3.05) is 7.05 Å². The summed E-state index contributed by atoms with van der Waals surface area (Å²) in [7, 11) is 1.47. The van der Waals surface area contributed by atoms with Crippen molar-refractivity contribution >= 4 is 11.9 Å². The first-order valence-corrected chi connectivity index (χ1v) is 5.30. The second-order valence-electron chi connectivity index (χ2n) is 3.57. The Hall–Kier alpha value is -1.88. The van der Waals surface area contributed by atoms with Gasteiger partial charge < -0.3 is 15.8 Å². The van der Waals surface area contributed by atoms with Crippen molar-refractivity contribution in [2.24, 2.45) is 5.73 Å². The number of benzene rings is 1. The van der Waals surface area contributed by atoms with Gasteiger partial charge in [0.25, 0.3) is 0 Å². The molecule has 0 aliphatic rings. The van der Waals surface area contributed by atoms with Gasteiger partial charge in [-0.1, -0.05) is 30.3 Å². The third kappa shape index (κ3) is 4.65. The fourth-order valence-electron chi connectivity index (χ4n) is 1.25. The van der Waals surface area contributed by atoms with Crippen LogP contribution in [0.3, 0.4) is 0 Å². The average molecular weight is 236 g/mol. The Morgan fingerprint density at radius 3 is 2.59 bits per heavy atom. The fourth-order valence-corrected chi connectivity index (χ4v) is 1.25. The molecule has 0 fully saturated rings. The van der Waals surface area contributed by atoms with Gasteiger partial charge in [0, 0.05) is 7.05 Å². The Morgan fingerprint density at radius 2 is 2.00 bits per heavy atom. The summed E-state index contributed by atoms with van der Waals surface area (Å²) < 4.78 is 4.99. The minimum absolute atomic E-state index is 0.119. The lowest BCUT2D eigenvalue weighted by Crippen LogP contribution is -2.40. The third-order valence-corrected chi connectivity index (χ3v) is 2.21. The third-order valence-electron chi connectivity index (χ3n) is 2.21. The molecule has 5 nitrogen and oxygen atoms in total. The molecule has 0 heterocycles. The van der Waals surface area contributed by atoms with Gasteiger partial charge in [0.15, 0.2) is 0 Å². The predicted molar refractivity (Wildman–Crippen MR) is 62.9 cm³/mol. The van der Waals surface area contributed by atoms with Gasteiger partial charge >= 0.3 is 5.97 Å². The molecule has 1 amide bonds. The molecule has 1 aromatic carbocycles. The fraction of sp³-hybridized carbons (Fsp3) is 0.333. The summed E-state index contributed by atoms with van der Waals surface area (Å²) in [5.41, 5.74) is 6.38. The summed E-state index contributed by atoms with van der Waals surface area (Å²) in [6.45, 7) is 0.195. The number of ether oxygens (including phenoxy) is 1. The van der Waals surface area contributed by atoms with E-state index in [4.69, 9.17) is 10.5 Å². The van der Waals surface area contributed by atoms with E-state index in [0.29, 0.717) is 0 Å². The van der Waals surface area contributed by atoms with Crippen LogP contribution < -0.4 is 11.1 Å². The van der Waals surface area contributed by atoms with Crippen molar-refractivity contribution < 1.29 is 14.3 Å². The highest BCUT2D eigenvalue weighted by atomic mass is 16.5. The zero-order chi connectivity index (χ0) is 12.7. The van der Waals surface area contributed by atoms with E-state index >= 15 is 0 Å². The highest BCUT2D eigenvalue weighted by molar-refractivity contribution is 5.86. The van der Waals surface area contributed by atoms with Gasteiger partial charge in [-0.3, -0.25) is 9.59 Å². The minimum atomic E-state index is -0.858. The second kappa shape index (κ2) is 6.65. The second-order valence-corrected chi connectivity index (χ2v) is 3.57. The molecule has 1 aromatic rings. The molecule has 0 aromatic heterocycles. The number of likely N-dealkylation sites (N-methyl/N-ethyl adjacent to an activating group) is 1. The monoisotopic (exact) mass is 236 g/mol. The molecule has 3 N–H and O–H groups in total. The number of esters is 1. The lowest BCUT2D eigenvalue weighted by Gasteiger charge is -2.09. The summed E-state index contributed by atoms with van der Waals surface area (Å²) in [6, 6.07) is 8.45. The number of rotatable bonds is 5.